The van der Waals surface area contributed by atoms with Gasteiger partial charge >= 0.3 is 5.97 Å². The largest absolute Gasteiger partial charge is 0.460 e. The summed E-state index contributed by atoms with van der Waals surface area (Å²) in [6.45, 7) is -0.0339. The van der Waals surface area contributed by atoms with Gasteiger partial charge in [-0.3, -0.25) is 9.35 Å². The standard InChI is InChI=1S/C9H9BrO5S/c10-8-3-1-2-7(4-8)5-15-9(11)6-16(12,13)14/h1-4H,5-6H2,(H,12,13,14). The molecule has 0 bridgehead atoms. The molecule has 16 heavy (non-hydrogen) atoms. The number of carbonyl (C=O) groups excluding carboxylic acids is 1. The fourth-order valence-corrected chi connectivity index (χ4v) is 1.81. The molecule has 0 saturated carbocycles. The van der Waals surface area contributed by atoms with Crippen molar-refractivity contribution in [3.8, 4) is 0 Å². The minimum Gasteiger partial charge on any atom is -0.460 e. The molecule has 1 N–H and O–H groups in total. The minimum absolute atomic E-state index is 0.0339. The van der Waals surface area contributed by atoms with Crippen molar-refractivity contribution in [2.24, 2.45) is 0 Å². The lowest BCUT2D eigenvalue weighted by atomic mass is 10.2. The van der Waals surface area contributed by atoms with Gasteiger partial charge in [0.1, 0.15) is 6.61 Å². The van der Waals surface area contributed by atoms with Crippen LogP contribution in [0.25, 0.3) is 0 Å². The summed E-state index contributed by atoms with van der Waals surface area (Å²) < 4.78 is 34.6. The molecule has 5 nitrogen and oxygen atoms in total. The van der Waals surface area contributed by atoms with Crippen LogP contribution in [0, 0.1) is 0 Å². The maximum absolute atomic E-state index is 10.9. The average Bonchev–Trinajstić information content (AvgIpc) is 2.12. The Morgan fingerprint density at radius 2 is 2.12 bits per heavy atom. The molecule has 7 heteroatoms. The highest BCUT2D eigenvalue weighted by atomic mass is 79.9. The number of halogens is 1. The van der Waals surface area contributed by atoms with E-state index in [-0.39, 0.29) is 6.61 Å². The summed E-state index contributed by atoms with van der Waals surface area (Å²) in [6.07, 6.45) is 0. The van der Waals surface area contributed by atoms with Crippen LogP contribution in [-0.2, 0) is 26.3 Å². The molecule has 0 aliphatic rings. The second-order valence-electron chi connectivity index (χ2n) is 3.02. The van der Waals surface area contributed by atoms with Gasteiger partial charge in [-0.25, -0.2) is 0 Å². The average molecular weight is 309 g/mol. The molecule has 0 radical (unpaired) electrons. The summed E-state index contributed by atoms with van der Waals surface area (Å²) in [5, 5.41) is 0. The molecule has 1 rings (SSSR count). The molecule has 0 saturated heterocycles. The normalized spacial score (nSPS) is 11.1. The van der Waals surface area contributed by atoms with Crippen LogP contribution in [0.4, 0.5) is 0 Å². The molecule has 0 amide bonds. The van der Waals surface area contributed by atoms with Gasteiger partial charge in [0.2, 0.25) is 0 Å². The van der Waals surface area contributed by atoms with E-state index in [1.165, 1.54) is 0 Å². The highest BCUT2D eigenvalue weighted by molar-refractivity contribution is 9.10. The fraction of sp³-hybridized carbons (Fsp3) is 0.222. The Kier molecular flexibility index (Phi) is 4.45. The Balaban J connectivity index is 2.49. The quantitative estimate of drug-likeness (QED) is 0.671. The number of hydrogen-bond acceptors (Lipinski definition) is 4. The summed E-state index contributed by atoms with van der Waals surface area (Å²) in [5.74, 6) is -2.01. The molecule has 0 atom stereocenters. The van der Waals surface area contributed by atoms with Crippen LogP contribution in [0.3, 0.4) is 0 Å². The van der Waals surface area contributed by atoms with Crippen molar-refractivity contribution in [1.82, 2.24) is 0 Å². The number of hydrogen-bond donors (Lipinski definition) is 1. The van der Waals surface area contributed by atoms with E-state index in [1.807, 2.05) is 6.07 Å². The van der Waals surface area contributed by atoms with Gasteiger partial charge in [0.05, 0.1) is 0 Å². The zero-order valence-corrected chi connectivity index (χ0v) is 10.5. The SMILES string of the molecule is O=C(CS(=O)(=O)O)OCc1cccc(Br)c1. The minimum atomic E-state index is -4.32. The highest BCUT2D eigenvalue weighted by Crippen LogP contribution is 2.12. The van der Waals surface area contributed by atoms with Gasteiger partial charge in [-0.1, -0.05) is 28.1 Å². The molecule has 0 spiro atoms. The third kappa shape index (κ3) is 5.24. The first-order valence-electron chi connectivity index (χ1n) is 4.22. The fourth-order valence-electron chi connectivity index (χ4n) is 0.981. The lowest BCUT2D eigenvalue weighted by Gasteiger charge is -2.03. The summed E-state index contributed by atoms with van der Waals surface area (Å²) in [6, 6.07) is 7.03. The van der Waals surface area contributed by atoms with Gasteiger partial charge in [0.25, 0.3) is 10.1 Å². The molecule has 0 fully saturated rings. The van der Waals surface area contributed by atoms with E-state index in [0.717, 1.165) is 10.0 Å². The number of carbonyl (C=O) groups is 1. The van der Waals surface area contributed by atoms with Crippen LogP contribution < -0.4 is 0 Å². The Labute approximate surface area is 101 Å². The molecule has 1 aromatic carbocycles. The van der Waals surface area contributed by atoms with Gasteiger partial charge in [-0.15, -0.1) is 0 Å². The van der Waals surface area contributed by atoms with Crippen molar-refractivity contribution in [1.29, 1.82) is 0 Å². The van der Waals surface area contributed by atoms with Gasteiger partial charge in [-0.2, -0.15) is 8.42 Å². The Hall–Kier alpha value is -0.920. The number of esters is 1. The molecule has 0 heterocycles. The molecule has 88 valence electrons. The maximum atomic E-state index is 10.9. The molecular weight excluding hydrogens is 300 g/mol. The van der Waals surface area contributed by atoms with Crippen molar-refractivity contribution < 1.29 is 22.5 Å². The van der Waals surface area contributed by atoms with Gasteiger partial charge in [0.15, 0.2) is 5.75 Å². The van der Waals surface area contributed by atoms with Gasteiger partial charge < -0.3 is 4.74 Å². The predicted octanol–water partition coefficient (Wildman–Crippen LogP) is 1.38. The molecule has 0 unspecified atom stereocenters. The van der Waals surface area contributed by atoms with E-state index >= 15 is 0 Å². The van der Waals surface area contributed by atoms with Crippen molar-refractivity contribution >= 4 is 32.0 Å². The molecular formula is C9H9BrO5S. The van der Waals surface area contributed by atoms with Crippen molar-refractivity contribution in [2.75, 3.05) is 5.75 Å². The van der Waals surface area contributed by atoms with Crippen LogP contribution >= 0.6 is 15.9 Å². The van der Waals surface area contributed by atoms with Crippen LogP contribution in [0.15, 0.2) is 28.7 Å². The first-order valence-corrected chi connectivity index (χ1v) is 6.62. The lowest BCUT2D eigenvalue weighted by Crippen LogP contribution is -2.17. The van der Waals surface area contributed by atoms with Crippen LogP contribution in [0.5, 0.6) is 0 Å². The Morgan fingerprint density at radius 1 is 1.44 bits per heavy atom. The van der Waals surface area contributed by atoms with E-state index in [4.69, 9.17) is 4.55 Å². The topological polar surface area (TPSA) is 80.7 Å². The zero-order chi connectivity index (χ0) is 12.2. The monoisotopic (exact) mass is 308 g/mol. The highest BCUT2D eigenvalue weighted by Gasteiger charge is 2.13. The van der Waals surface area contributed by atoms with Crippen molar-refractivity contribution in [3.05, 3.63) is 34.3 Å². The second kappa shape index (κ2) is 5.42. The summed E-state index contributed by atoms with van der Waals surface area (Å²) in [4.78, 5) is 10.9. The summed E-state index contributed by atoms with van der Waals surface area (Å²) in [5.41, 5.74) is 0.720. The smallest absolute Gasteiger partial charge is 0.323 e. The Morgan fingerprint density at radius 3 is 2.69 bits per heavy atom. The lowest BCUT2D eigenvalue weighted by molar-refractivity contribution is -0.141. The summed E-state index contributed by atoms with van der Waals surface area (Å²) >= 11 is 3.24. The van der Waals surface area contributed by atoms with Crippen molar-refractivity contribution in [2.45, 2.75) is 6.61 Å². The molecule has 1 aromatic rings. The summed E-state index contributed by atoms with van der Waals surface area (Å²) in [7, 11) is -4.32. The van der Waals surface area contributed by atoms with Gasteiger partial charge in [0, 0.05) is 4.47 Å². The van der Waals surface area contributed by atoms with E-state index in [9.17, 15) is 13.2 Å². The van der Waals surface area contributed by atoms with E-state index in [2.05, 4.69) is 20.7 Å². The molecule has 0 aliphatic heterocycles. The van der Waals surface area contributed by atoms with E-state index in [0.29, 0.717) is 0 Å². The number of benzene rings is 1. The molecule has 0 aromatic heterocycles. The third-order valence-corrected chi connectivity index (χ3v) is 2.68. The van der Waals surface area contributed by atoms with E-state index in [1.54, 1.807) is 18.2 Å². The third-order valence-electron chi connectivity index (χ3n) is 1.59. The number of ether oxygens (including phenoxy) is 1. The first-order chi connectivity index (χ1) is 7.37. The molecule has 0 aliphatic carbocycles. The predicted molar refractivity (Wildman–Crippen MR) is 60.4 cm³/mol. The Bertz CT molecular complexity index is 482. The first kappa shape index (κ1) is 13.1. The van der Waals surface area contributed by atoms with Crippen molar-refractivity contribution in [3.63, 3.8) is 0 Å². The van der Waals surface area contributed by atoms with E-state index < -0.39 is 21.8 Å². The maximum Gasteiger partial charge on any atom is 0.323 e. The second-order valence-corrected chi connectivity index (χ2v) is 5.39. The van der Waals surface area contributed by atoms with Crippen LogP contribution in [-0.4, -0.2) is 24.7 Å². The zero-order valence-electron chi connectivity index (χ0n) is 8.09. The van der Waals surface area contributed by atoms with Crippen LogP contribution in [0.1, 0.15) is 5.56 Å². The van der Waals surface area contributed by atoms with Gasteiger partial charge in [-0.05, 0) is 17.7 Å². The number of rotatable bonds is 4. The van der Waals surface area contributed by atoms with Crippen LogP contribution in [0.2, 0.25) is 0 Å².